The van der Waals surface area contributed by atoms with Gasteiger partial charge in [-0.05, 0) is 53.6 Å². The molecule has 0 unspecified atom stereocenters. The Morgan fingerprint density at radius 1 is 1.00 bits per heavy atom. The van der Waals surface area contributed by atoms with Gasteiger partial charge in [-0.15, -0.1) is 13.2 Å². The van der Waals surface area contributed by atoms with Crippen LogP contribution in [0.25, 0.3) is 6.08 Å². The Kier molecular flexibility index (Phi) is 6.92. The van der Waals surface area contributed by atoms with Gasteiger partial charge in [0.05, 0.1) is 0 Å². The van der Waals surface area contributed by atoms with Gasteiger partial charge in [-0.3, -0.25) is 9.78 Å². The molecule has 0 aliphatic heterocycles. The van der Waals surface area contributed by atoms with E-state index in [4.69, 9.17) is 0 Å². The van der Waals surface area contributed by atoms with Crippen molar-refractivity contribution in [3.63, 3.8) is 0 Å². The number of pyridine rings is 1. The van der Waals surface area contributed by atoms with Crippen LogP contribution in [-0.4, -0.2) is 24.3 Å². The summed E-state index contributed by atoms with van der Waals surface area (Å²) in [5, 5.41) is 2.77. The maximum Gasteiger partial charge on any atom is 0.573 e. The Labute approximate surface area is 177 Å². The highest BCUT2D eigenvalue weighted by molar-refractivity contribution is 5.91. The molecule has 0 bridgehead atoms. The zero-order chi connectivity index (χ0) is 22.3. The number of carbonyl (C=O) groups excluding carboxylic acids is 1. The highest BCUT2D eigenvalue weighted by atomic mass is 19.4. The Morgan fingerprint density at radius 2 is 1.61 bits per heavy atom. The van der Waals surface area contributed by atoms with Gasteiger partial charge in [0.1, 0.15) is 5.75 Å². The van der Waals surface area contributed by atoms with E-state index in [1.165, 1.54) is 36.4 Å². The first-order chi connectivity index (χ1) is 14.8. The van der Waals surface area contributed by atoms with Crippen molar-refractivity contribution in [1.82, 2.24) is 10.3 Å². The zero-order valence-electron chi connectivity index (χ0n) is 16.6. The summed E-state index contributed by atoms with van der Waals surface area (Å²) in [6.45, 7) is 0.348. The van der Waals surface area contributed by atoms with Gasteiger partial charge in [-0.25, -0.2) is 0 Å². The number of ether oxygens (including phenoxy) is 1. The Morgan fingerprint density at radius 3 is 2.23 bits per heavy atom. The summed E-state index contributed by atoms with van der Waals surface area (Å²) in [4.78, 5) is 18.1. The summed E-state index contributed by atoms with van der Waals surface area (Å²) < 4.78 is 40.3. The van der Waals surface area contributed by atoms with Gasteiger partial charge in [0.25, 0.3) is 0 Å². The van der Waals surface area contributed by atoms with Gasteiger partial charge >= 0.3 is 6.36 Å². The van der Waals surface area contributed by atoms with E-state index < -0.39 is 6.36 Å². The summed E-state index contributed by atoms with van der Waals surface area (Å²) in [7, 11) is 1.96. The van der Waals surface area contributed by atoms with Crippen LogP contribution in [0.4, 0.5) is 24.5 Å². The highest BCUT2D eigenvalue weighted by Gasteiger charge is 2.30. The molecule has 31 heavy (non-hydrogen) atoms. The minimum atomic E-state index is -4.73. The van der Waals surface area contributed by atoms with Crippen LogP contribution < -0.4 is 15.0 Å². The third-order valence-electron chi connectivity index (χ3n) is 4.38. The summed E-state index contributed by atoms with van der Waals surface area (Å²) in [5.74, 6) is -0.624. The molecule has 5 nitrogen and oxygen atoms in total. The number of rotatable bonds is 7. The van der Waals surface area contributed by atoms with Gasteiger partial charge < -0.3 is 15.0 Å². The van der Waals surface area contributed by atoms with E-state index in [-0.39, 0.29) is 11.7 Å². The summed E-state index contributed by atoms with van der Waals surface area (Å²) in [6.07, 6.45) is 1.57. The molecule has 1 heterocycles. The quantitative estimate of drug-likeness (QED) is 0.535. The first-order valence-electron chi connectivity index (χ1n) is 9.34. The number of carbonyl (C=O) groups is 1. The standard InChI is InChI=1S/C23H20F3N3O2/c1-29(20-12-14-27-15-13-20)19-7-2-18(3-8-19)16-28-22(30)11-6-17-4-9-21(10-5-17)31-23(24,25)26/h2-15H,16H2,1H3,(H,28,30). The first kappa shape index (κ1) is 21.9. The van der Waals surface area contributed by atoms with E-state index in [2.05, 4.69) is 15.0 Å². The van der Waals surface area contributed by atoms with Crippen molar-refractivity contribution < 1.29 is 22.7 Å². The van der Waals surface area contributed by atoms with E-state index in [9.17, 15) is 18.0 Å². The molecule has 1 aromatic heterocycles. The maximum absolute atomic E-state index is 12.2. The minimum absolute atomic E-state index is 0.311. The number of nitrogens with zero attached hydrogens (tertiary/aromatic N) is 2. The average molecular weight is 427 g/mol. The normalized spacial score (nSPS) is 11.4. The molecule has 2 aromatic carbocycles. The van der Waals surface area contributed by atoms with E-state index in [1.54, 1.807) is 12.4 Å². The van der Waals surface area contributed by atoms with Crippen molar-refractivity contribution in [3.05, 3.63) is 90.3 Å². The Balaban J connectivity index is 1.50. The van der Waals surface area contributed by atoms with Crippen LogP contribution in [0.5, 0.6) is 5.75 Å². The maximum atomic E-state index is 12.2. The molecule has 0 saturated carbocycles. The predicted octanol–water partition coefficient (Wildman–Crippen LogP) is 5.08. The lowest BCUT2D eigenvalue weighted by atomic mass is 10.2. The molecule has 0 aliphatic carbocycles. The largest absolute Gasteiger partial charge is 0.573 e. The van der Waals surface area contributed by atoms with Crippen LogP contribution in [0.1, 0.15) is 11.1 Å². The van der Waals surface area contributed by atoms with E-state index >= 15 is 0 Å². The van der Waals surface area contributed by atoms with Crippen LogP contribution in [0, 0.1) is 0 Å². The van der Waals surface area contributed by atoms with Gasteiger partial charge in [0.2, 0.25) is 5.91 Å². The van der Waals surface area contributed by atoms with Crippen LogP contribution in [0.2, 0.25) is 0 Å². The number of amides is 1. The Hall–Kier alpha value is -3.81. The number of aromatic nitrogens is 1. The number of hydrogen-bond acceptors (Lipinski definition) is 4. The second-order valence-corrected chi connectivity index (χ2v) is 6.60. The Bertz CT molecular complexity index is 1020. The number of halogens is 3. The molecule has 0 aliphatic rings. The molecule has 0 atom stereocenters. The van der Waals surface area contributed by atoms with Crippen LogP contribution in [0.15, 0.2) is 79.1 Å². The lowest BCUT2D eigenvalue weighted by molar-refractivity contribution is -0.274. The predicted molar refractivity (Wildman–Crippen MR) is 113 cm³/mol. The number of alkyl halides is 3. The van der Waals surface area contributed by atoms with Crippen molar-refractivity contribution in [1.29, 1.82) is 0 Å². The molecule has 1 N–H and O–H groups in total. The second-order valence-electron chi connectivity index (χ2n) is 6.60. The van der Waals surface area contributed by atoms with Crippen molar-refractivity contribution in [2.45, 2.75) is 12.9 Å². The third kappa shape index (κ3) is 6.88. The monoisotopic (exact) mass is 427 g/mol. The lowest BCUT2D eigenvalue weighted by Gasteiger charge is -2.19. The molecule has 0 fully saturated rings. The van der Waals surface area contributed by atoms with Crippen molar-refractivity contribution in [2.75, 3.05) is 11.9 Å². The summed E-state index contributed by atoms with van der Waals surface area (Å²) in [6, 6.07) is 16.9. The van der Waals surface area contributed by atoms with E-state index in [1.807, 2.05) is 48.3 Å². The number of nitrogens with one attached hydrogen (secondary N) is 1. The van der Waals surface area contributed by atoms with Gasteiger partial charge in [0, 0.05) is 43.4 Å². The molecule has 0 radical (unpaired) electrons. The average Bonchev–Trinajstić information content (AvgIpc) is 2.76. The third-order valence-corrected chi connectivity index (χ3v) is 4.38. The molecular formula is C23H20F3N3O2. The molecule has 8 heteroatoms. The van der Waals surface area contributed by atoms with Gasteiger partial charge in [-0.2, -0.15) is 0 Å². The summed E-state index contributed by atoms with van der Waals surface area (Å²) >= 11 is 0. The highest BCUT2D eigenvalue weighted by Crippen LogP contribution is 2.24. The molecule has 1 amide bonds. The smallest absolute Gasteiger partial charge is 0.406 e. The van der Waals surface area contributed by atoms with Crippen molar-refractivity contribution in [2.24, 2.45) is 0 Å². The fourth-order valence-corrected chi connectivity index (χ4v) is 2.75. The molecule has 160 valence electrons. The lowest BCUT2D eigenvalue weighted by Crippen LogP contribution is -2.20. The number of benzene rings is 2. The molecule has 0 saturated heterocycles. The molecule has 3 rings (SSSR count). The van der Waals surface area contributed by atoms with Crippen LogP contribution in [0.3, 0.4) is 0 Å². The minimum Gasteiger partial charge on any atom is -0.406 e. The van der Waals surface area contributed by atoms with E-state index in [0.29, 0.717) is 12.1 Å². The first-order valence-corrected chi connectivity index (χ1v) is 9.34. The fourth-order valence-electron chi connectivity index (χ4n) is 2.75. The second kappa shape index (κ2) is 9.80. The van der Waals surface area contributed by atoms with Crippen LogP contribution >= 0.6 is 0 Å². The number of hydrogen-bond donors (Lipinski definition) is 1. The van der Waals surface area contributed by atoms with E-state index in [0.717, 1.165) is 16.9 Å². The molecule has 3 aromatic rings. The van der Waals surface area contributed by atoms with Crippen molar-refractivity contribution >= 4 is 23.4 Å². The number of anilines is 2. The zero-order valence-corrected chi connectivity index (χ0v) is 16.6. The van der Waals surface area contributed by atoms with Crippen LogP contribution in [-0.2, 0) is 11.3 Å². The molecular weight excluding hydrogens is 407 g/mol. The topological polar surface area (TPSA) is 54.5 Å². The molecule has 0 spiro atoms. The fraction of sp³-hybridized carbons (Fsp3) is 0.130. The van der Waals surface area contributed by atoms with Crippen molar-refractivity contribution in [3.8, 4) is 5.75 Å². The SMILES string of the molecule is CN(c1ccncc1)c1ccc(CNC(=O)C=Cc2ccc(OC(F)(F)F)cc2)cc1. The van der Waals surface area contributed by atoms with Gasteiger partial charge in [-0.1, -0.05) is 24.3 Å². The van der Waals surface area contributed by atoms with Gasteiger partial charge in [0.15, 0.2) is 0 Å². The summed E-state index contributed by atoms with van der Waals surface area (Å²) in [5.41, 5.74) is 3.52.